The van der Waals surface area contributed by atoms with Gasteiger partial charge in [0.1, 0.15) is 0 Å². The van der Waals surface area contributed by atoms with E-state index in [0.717, 1.165) is 36.9 Å². The summed E-state index contributed by atoms with van der Waals surface area (Å²) in [4.78, 5) is 15.5. The number of hydrogen-bond acceptors (Lipinski definition) is 3. The largest absolute Gasteiger partial charge is 0.354 e. The molecule has 1 amide bonds. The first-order chi connectivity index (χ1) is 8.24. The molecule has 5 heteroatoms. The highest BCUT2D eigenvalue weighted by Crippen LogP contribution is 2.30. The first kappa shape index (κ1) is 11.7. The lowest BCUT2D eigenvalue weighted by Gasteiger charge is -2.35. The van der Waals surface area contributed by atoms with Crippen molar-refractivity contribution in [2.75, 3.05) is 13.1 Å². The summed E-state index contributed by atoms with van der Waals surface area (Å²) in [6.07, 6.45) is 2.20. The van der Waals surface area contributed by atoms with Crippen LogP contribution in [0, 0.1) is 5.92 Å². The van der Waals surface area contributed by atoms with Crippen LogP contribution in [-0.2, 0) is 11.3 Å². The highest BCUT2D eigenvalue weighted by molar-refractivity contribution is 9.10. The number of halogens is 1. The molecule has 0 spiro atoms. The minimum atomic E-state index is 0.229. The molecule has 0 aliphatic carbocycles. The van der Waals surface area contributed by atoms with Gasteiger partial charge in [-0.2, -0.15) is 0 Å². The molecule has 1 N–H and O–H groups in total. The van der Waals surface area contributed by atoms with Gasteiger partial charge in [0.25, 0.3) is 0 Å². The number of thiophene rings is 1. The third-order valence-electron chi connectivity index (χ3n) is 3.70. The second-order valence-electron chi connectivity index (χ2n) is 4.76. The number of carbonyl (C=O) groups excluding carboxylic acids is 1. The van der Waals surface area contributed by atoms with Crippen molar-refractivity contribution < 1.29 is 4.79 Å². The molecule has 2 atom stereocenters. The summed E-state index contributed by atoms with van der Waals surface area (Å²) in [7, 11) is 0. The molecule has 3 rings (SSSR count). The number of rotatable bonds is 2. The Morgan fingerprint density at radius 3 is 3.24 bits per heavy atom. The Kier molecular flexibility index (Phi) is 3.23. The zero-order valence-corrected chi connectivity index (χ0v) is 11.9. The Balaban J connectivity index is 1.72. The number of likely N-dealkylation sites (tertiary alicyclic amines) is 1. The number of nitrogens with zero attached hydrogens (tertiary/aromatic N) is 1. The standard InChI is InChI=1S/C12H15BrN2OS/c13-8-4-9(17-7-8)6-15-3-1-2-10-11(15)5-14-12(10)16/h4,7,10-11H,1-3,5-6H2,(H,14,16). The predicted octanol–water partition coefficient (Wildman–Crippen LogP) is 2.22. The van der Waals surface area contributed by atoms with Crippen LogP contribution in [0.1, 0.15) is 17.7 Å². The van der Waals surface area contributed by atoms with Crippen molar-refractivity contribution in [3.05, 3.63) is 20.8 Å². The van der Waals surface area contributed by atoms with Crippen molar-refractivity contribution in [2.45, 2.75) is 25.4 Å². The van der Waals surface area contributed by atoms with Gasteiger partial charge in [-0.3, -0.25) is 9.69 Å². The van der Waals surface area contributed by atoms with E-state index in [9.17, 15) is 4.79 Å². The normalized spacial score (nSPS) is 29.1. The molecule has 2 unspecified atom stereocenters. The highest BCUT2D eigenvalue weighted by Gasteiger charge is 2.40. The first-order valence-electron chi connectivity index (χ1n) is 5.99. The van der Waals surface area contributed by atoms with Crippen molar-refractivity contribution >= 4 is 33.2 Å². The number of nitrogens with one attached hydrogen (secondary N) is 1. The van der Waals surface area contributed by atoms with Crippen LogP contribution < -0.4 is 5.32 Å². The van der Waals surface area contributed by atoms with Crippen molar-refractivity contribution in [1.82, 2.24) is 10.2 Å². The first-order valence-corrected chi connectivity index (χ1v) is 7.66. The molecule has 0 radical (unpaired) electrons. The lowest BCUT2D eigenvalue weighted by atomic mass is 9.91. The minimum absolute atomic E-state index is 0.229. The number of carbonyl (C=O) groups is 1. The van der Waals surface area contributed by atoms with Crippen LogP contribution in [0.5, 0.6) is 0 Å². The molecular weight excluding hydrogens is 300 g/mol. The van der Waals surface area contributed by atoms with Gasteiger partial charge in [-0.1, -0.05) is 0 Å². The molecule has 1 aromatic heterocycles. The molecule has 1 aromatic rings. The molecule has 0 saturated carbocycles. The molecule has 2 fully saturated rings. The summed E-state index contributed by atoms with van der Waals surface area (Å²) < 4.78 is 1.16. The van der Waals surface area contributed by atoms with E-state index in [1.165, 1.54) is 4.88 Å². The van der Waals surface area contributed by atoms with E-state index in [4.69, 9.17) is 0 Å². The summed E-state index contributed by atoms with van der Waals surface area (Å²) in [6.45, 7) is 2.92. The Morgan fingerprint density at radius 2 is 2.47 bits per heavy atom. The van der Waals surface area contributed by atoms with Gasteiger partial charge in [0.05, 0.1) is 5.92 Å². The predicted molar refractivity (Wildman–Crippen MR) is 72.0 cm³/mol. The number of piperidine rings is 1. The smallest absolute Gasteiger partial charge is 0.224 e. The molecule has 2 aliphatic rings. The van der Waals surface area contributed by atoms with Gasteiger partial charge in [-0.15, -0.1) is 11.3 Å². The molecular formula is C12H15BrN2OS. The van der Waals surface area contributed by atoms with Crippen molar-refractivity contribution in [3.63, 3.8) is 0 Å². The van der Waals surface area contributed by atoms with Crippen LogP contribution in [0.3, 0.4) is 0 Å². The van der Waals surface area contributed by atoms with Crippen molar-refractivity contribution in [3.8, 4) is 0 Å². The van der Waals surface area contributed by atoms with Gasteiger partial charge in [-0.05, 0) is 41.4 Å². The Hall–Kier alpha value is -0.390. The van der Waals surface area contributed by atoms with Gasteiger partial charge >= 0.3 is 0 Å². The van der Waals surface area contributed by atoms with Crippen LogP contribution in [-0.4, -0.2) is 29.9 Å². The fourth-order valence-corrected chi connectivity index (χ4v) is 4.35. The second-order valence-corrected chi connectivity index (χ2v) is 6.67. The molecule has 3 heterocycles. The summed E-state index contributed by atoms with van der Waals surface area (Å²) in [5.74, 6) is 0.485. The van der Waals surface area contributed by atoms with Gasteiger partial charge in [0.15, 0.2) is 0 Å². The number of amides is 1. The van der Waals surface area contributed by atoms with Crippen molar-refractivity contribution in [1.29, 1.82) is 0 Å². The lowest BCUT2D eigenvalue weighted by molar-refractivity contribution is -0.124. The van der Waals surface area contributed by atoms with E-state index >= 15 is 0 Å². The van der Waals surface area contributed by atoms with E-state index in [1.807, 2.05) is 0 Å². The molecule has 2 aliphatic heterocycles. The van der Waals surface area contributed by atoms with E-state index in [0.29, 0.717) is 6.04 Å². The number of fused-ring (bicyclic) bond motifs is 1. The zero-order valence-electron chi connectivity index (χ0n) is 9.49. The number of hydrogen-bond donors (Lipinski definition) is 1. The highest BCUT2D eigenvalue weighted by atomic mass is 79.9. The minimum Gasteiger partial charge on any atom is -0.354 e. The van der Waals surface area contributed by atoms with E-state index in [2.05, 4.69) is 37.6 Å². The summed E-state index contributed by atoms with van der Waals surface area (Å²) in [5.41, 5.74) is 0. The summed E-state index contributed by atoms with van der Waals surface area (Å²) in [5, 5.41) is 5.12. The SMILES string of the molecule is O=C1NCC2C1CCCN2Cc1cc(Br)cs1. The Morgan fingerprint density at radius 1 is 1.59 bits per heavy atom. The maximum absolute atomic E-state index is 11.7. The maximum atomic E-state index is 11.7. The Labute approximate surface area is 113 Å². The van der Waals surface area contributed by atoms with Gasteiger partial charge in [0, 0.05) is 33.9 Å². The van der Waals surface area contributed by atoms with Crippen LogP contribution in [0.25, 0.3) is 0 Å². The molecule has 0 bridgehead atoms. The lowest BCUT2D eigenvalue weighted by Crippen LogP contribution is -2.44. The monoisotopic (exact) mass is 314 g/mol. The van der Waals surface area contributed by atoms with Crippen LogP contribution in [0.4, 0.5) is 0 Å². The summed E-state index contributed by atoms with van der Waals surface area (Å²) >= 11 is 5.27. The molecule has 2 saturated heterocycles. The van der Waals surface area contributed by atoms with E-state index in [-0.39, 0.29) is 11.8 Å². The average Bonchev–Trinajstić information content (AvgIpc) is 2.88. The third kappa shape index (κ3) is 2.28. The topological polar surface area (TPSA) is 32.3 Å². The zero-order chi connectivity index (χ0) is 11.8. The third-order valence-corrected chi connectivity index (χ3v) is 5.38. The van der Waals surface area contributed by atoms with E-state index in [1.54, 1.807) is 11.3 Å². The summed E-state index contributed by atoms with van der Waals surface area (Å²) in [6, 6.07) is 2.59. The van der Waals surface area contributed by atoms with E-state index < -0.39 is 0 Å². The van der Waals surface area contributed by atoms with Gasteiger partial charge < -0.3 is 5.32 Å². The molecule has 92 valence electrons. The quantitative estimate of drug-likeness (QED) is 0.908. The maximum Gasteiger partial charge on any atom is 0.224 e. The molecule has 17 heavy (non-hydrogen) atoms. The van der Waals surface area contributed by atoms with Crippen LogP contribution in [0.15, 0.2) is 15.9 Å². The molecule has 0 aromatic carbocycles. The average molecular weight is 315 g/mol. The van der Waals surface area contributed by atoms with Crippen LogP contribution in [0.2, 0.25) is 0 Å². The van der Waals surface area contributed by atoms with Gasteiger partial charge in [0.2, 0.25) is 5.91 Å². The van der Waals surface area contributed by atoms with Gasteiger partial charge in [-0.25, -0.2) is 0 Å². The fourth-order valence-electron chi connectivity index (χ4n) is 2.87. The fraction of sp³-hybridized carbons (Fsp3) is 0.583. The van der Waals surface area contributed by atoms with Crippen molar-refractivity contribution in [2.24, 2.45) is 5.92 Å². The molecule has 3 nitrogen and oxygen atoms in total. The van der Waals surface area contributed by atoms with Crippen LogP contribution >= 0.6 is 27.3 Å². The Bertz CT molecular complexity index is 434. The second kappa shape index (κ2) is 4.71.